The quantitative estimate of drug-likeness (QED) is 0.0737. The van der Waals surface area contributed by atoms with Gasteiger partial charge in [0.1, 0.15) is 0 Å². The van der Waals surface area contributed by atoms with Crippen LogP contribution in [0.25, 0.3) is 99.2 Å². The van der Waals surface area contributed by atoms with E-state index in [1.54, 1.807) is 13.1 Å². The van der Waals surface area contributed by atoms with Gasteiger partial charge < -0.3 is 0 Å². The third-order valence-corrected chi connectivity index (χ3v) is 10.6. The van der Waals surface area contributed by atoms with Gasteiger partial charge >= 0.3 is 0 Å². The first-order valence-electron chi connectivity index (χ1n) is 19.5. The van der Waals surface area contributed by atoms with Crippen LogP contribution in [-0.2, 0) is 0 Å². The fourth-order valence-electron chi connectivity index (χ4n) is 7.42. The molecule has 0 amide bonds. The zero-order chi connectivity index (χ0) is 39.4. The molecule has 276 valence electrons. The first-order chi connectivity index (χ1) is 28.5. The van der Waals surface area contributed by atoms with Crippen molar-refractivity contribution in [2.75, 3.05) is 7.05 Å². The lowest BCUT2D eigenvalue weighted by Gasteiger charge is -2.10. The minimum atomic E-state index is 0.904. The molecule has 4 heteroatoms. The standard InChI is InChI=1S/C47H29N3.C7H11N/c1-2-8-33-25-36(18-15-30(33)7-1)34-10-5-12-39(26-34)43-22-19-31-16-17-32-20-23-44(50-47(32)46(31)49-43)40-13-6-11-35(27-40)37-21-24-45-41(28-37)29-38-9-3-4-14-42(38)48-45;1-4-5-6-7(2)8-3/h1-29H;4-6H,1H2,2-3H3/b;6-5-,8-7?. The highest BCUT2D eigenvalue weighted by atomic mass is 14.8. The highest BCUT2D eigenvalue weighted by molar-refractivity contribution is 6.04. The lowest BCUT2D eigenvalue weighted by Crippen LogP contribution is -1.91. The van der Waals surface area contributed by atoms with Crippen molar-refractivity contribution in [1.82, 2.24) is 15.0 Å². The lowest BCUT2D eigenvalue weighted by atomic mass is 9.98. The van der Waals surface area contributed by atoms with Crippen LogP contribution in [0.2, 0.25) is 0 Å². The van der Waals surface area contributed by atoms with E-state index in [0.29, 0.717) is 0 Å². The first kappa shape index (κ1) is 36.1. The normalized spacial score (nSPS) is 11.7. The molecule has 3 aromatic heterocycles. The van der Waals surface area contributed by atoms with Gasteiger partial charge in [-0.3, -0.25) is 4.99 Å². The molecule has 0 radical (unpaired) electrons. The van der Waals surface area contributed by atoms with Gasteiger partial charge in [0.15, 0.2) is 0 Å². The van der Waals surface area contributed by atoms with E-state index in [2.05, 4.69) is 181 Å². The summed E-state index contributed by atoms with van der Waals surface area (Å²) >= 11 is 0. The Morgan fingerprint density at radius 2 is 0.931 bits per heavy atom. The monoisotopic (exact) mass is 744 g/mol. The number of fused-ring (bicyclic) bond motifs is 6. The Bertz CT molecular complexity index is 3230. The van der Waals surface area contributed by atoms with Crippen molar-refractivity contribution in [2.24, 2.45) is 4.99 Å². The summed E-state index contributed by atoms with van der Waals surface area (Å²) in [6, 6.07) is 62.3. The van der Waals surface area contributed by atoms with E-state index in [4.69, 9.17) is 15.0 Å². The summed E-state index contributed by atoms with van der Waals surface area (Å²) in [7, 11) is 1.77. The van der Waals surface area contributed by atoms with Gasteiger partial charge in [-0.2, -0.15) is 0 Å². The average Bonchev–Trinajstić information content (AvgIpc) is 3.29. The Kier molecular flexibility index (Phi) is 9.89. The minimum Gasteiger partial charge on any atom is -0.293 e. The maximum Gasteiger partial charge on any atom is 0.0972 e. The molecule has 58 heavy (non-hydrogen) atoms. The minimum absolute atomic E-state index is 0.904. The molecule has 0 fully saturated rings. The SMILES string of the molecule is C=C/C=C\C(C)=NC.c1cc(-c2ccc3ccccc3c2)cc(-c2ccc3ccc4ccc(-c5cccc(-c6ccc7nc8ccccc8cc7c6)c5)nc4c3n2)c1. The van der Waals surface area contributed by atoms with Crippen molar-refractivity contribution in [2.45, 2.75) is 6.92 Å². The molecule has 4 nitrogen and oxygen atoms in total. The van der Waals surface area contributed by atoms with Gasteiger partial charge in [-0.15, -0.1) is 0 Å². The van der Waals surface area contributed by atoms with Crippen LogP contribution in [0.15, 0.2) is 206 Å². The second kappa shape index (κ2) is 15.9. The molecule has 0 spiro atoms. The molecule has 0 saturated carbocycles. The third-order valence-electron chi connectivity index (χ3n) is 10.6. The van der Waals surface area contributed by atoms with Crippen molar-refractivity contribution in [3.05, 3.63) is 201 Å². The van der Waals surface area contributed by atoms with Crippen molar-refractivity contribution < 1.29 is 0 Å². The van der Waals surface area contributed by atoms with Gasteiger partial charge in [0, 0.05) is 45.4 Å². The molecule has 0 unspecified atom stereocenters. The predicted molar refractivity (Wildman–Crippen MR) is 247 cm³/mol. The van der Waals surface area contributed by atoms with Gasteiger partial charge in [0.2, 0.25) is 0 Å². The summed E-state index contributed by atoms with van der Waals surface area (Å²) < 4.78 is 0. The van der Waals surface area contributed by atoms with Gasteiger partial charge in [0.05, 0.1) is 33.5 Å². The van der Waals surface area contributed by atoms with E-state index in [0.717, 1.165) is 83.0 Å². The lowest BCUT2D eigenvalue weighted by molar-refractivity contribution is 1.36. The topological polar surface area (TPSA) is 51.0 Å². The summed E-state index contributed by atoms with van der Waals surface area (Å²) in [6.45, 7) is 5.47. The van der Waals surface area contributed by atoms with Gasteiger partial charge in [-0.05, 0) is 101 Å². The molecular formula is C54H40N4. The summed E-state index contributed by atoms with van der Waals surface area (Å²) in [4.78, 5) is 19.3. The molecule has 10 rings (SSSR count). The number of allylic oxidation sites excluding steroid dienone is 3. The summed E-state index contributed by atoms with van der Waals surface area (Å²) in [5.41, 5.74) is 13.5. The average molecular weight is 745 g/mol. The molecule has 0 aliphatic carbocycles. The number of nitrogens with zero attached hydrogens (tertiary/aromatic N) is 4. The van der Waals surface area contributed by atoms with Crippen molar-refractivity contribution >= 4 is 60.1 Å². The molecule has 0 atom stereocenters. The van der Waals surface area contributed by atoms with Crippen LogP contribution in [0.5, 0.6) is 0 Å². The number of rotatable bonds is 6. The van der Waals surface area contributed by atoms with Crippen LogP contribution in [0, 0.1) is 0 Å². The van der Waals surface area contributed by atoms with Crippen LogP contribution in [0.1, 0.15) is 6.92 Å². The Labute approximate surface area is 338 Å². The number of aliphatic imine (C=N–C) groups is 1. The van der Waals surface area contributed by atoms with Crippen LogP contribution in [-0.4, -0.2) is 27.7 Å². The maximum atomic E-state index is 5.25. The summed E-state index contributed by atoms with van der Waals surface area (Å²) in [5.74, 6) is 0. The molecule has 10 aromatic rings. The summed E-state index contributed by atoms with van der Waals surface area (Å²) in [5, 5.41) is 6.90. The Morgan fingerprint density at radius 3 is 1.57 bits per heavy atom. The Balaban J connectivity index is 0.000000496. The van der Waals surface area contributed by atoms with Gasteiger partial charge in [-0.25, -0.2) is 15.0 Å². The van der Waals surface area contributed by atoms with Crippen LogP contribution in [0.3, 0.4) is 0 Å². The van der Waals surface area contributed by atoms with E-state index in [1.807, 2.05) is 25.1 Å². The number of pyridine rings is 3. The first-order valence-corrected chi connectivity index (χ1v) is 19.5. The molecule has 0 N–H and O–H groups in total. The summed E-state index contributed by atoms with van der Waals surface area (Å²) in [6.07, 6.45) is 5.50. The Hall–Kier alpha value is -7.56. The molecule has 0 aliphatic heterocycles. The highest BCUT2D eigenvalue weighted by Gasteiger charge is 2.11. The predicted octanol–water partition coefficient (Wildman–Crippen LogP) is 14.1. The van der Waals surface area contributed by atoms with E-state index >= 15 is 0 Å². The van der Waals surface area contributed by atoms with Gasteiger partial charge in [-0.1, -0.05) is 140 Å². The third kappa shape index (κ3) is 7.39. The maximum absolute atomic E-state index is 5.25. The highest BCUT2D eigenvalue weighted by Crippen LogP contribution is 2.33. The number of hydrogen-bond donors (Lipinski definition) is 0. The number of para-hydroxylation sites is 1. The van der Waals surface area contributed by atoms with E-state index in [-0.39, 0.29) is 0 Å². The molecule has 0 aliphatic rings. The van der Waals surface area contributed by atoms with Crippen LogP contribution >= 0.6 is 0 Å². The smallest absolute Gasteiger partial charge is 0.0972 e. The molecule has 0 saturated heterocycles. The molecule has 7 aromatic carbocycles. The van der Waals surface area contributed by atoms with Gasteiger partial charge in [0.25, 0.3) is 0 Å². The second-order valence-corrected chi connectivity index (χ2v) is 14.4. The molecule has 3 heterocycles. The van der Waals surface area contributed by atoms with Crippen LogP contribution < -0.4 is 0 Å². The zero-order valence-corrected chi connectivity index (χ0v) is 32.5. The second-order valence-electron chi connectivity index (χ2n) is 14.4. The van der Waals surface area contributed by atoms with E-state index in [9.17, 15) is 0 Å². The number of hydrogen-bond acceptors (Lipinski definition) is 4. The van der Waals surface area contributed by atoms with Crippen molar-refractivity contribution in [3.63, 3.8) is 0 Å². The number of benzene rings is 7. The molecular weight excluding hydrogens is 705 g/mol. The number of aromatic nitrogens is 3. The molecule has 0 bridgehead atoms. The largest absolute Gasteiger partial charge is 0.293 e. The fourth-order valence-corrected chi connectivity index (χ4v) is 7.42. The van der Waals surface area contributed by atoms with E-state index in [1.165, 1.54) is 21.9 Å². The van der Waals surface area contributed by atoms with Crippen molar-refractivity contribution in [3.8, 4) is 44.8 Å². The van der Waals surface area contributed by atoms with E-state index < -0.39 is 0 Å². The fraction of sp³-hybridized carbons (Fsp3) is 0.0370. The van der Waals surface area contributed by atoms with Crippen molar-refractivity contribution in [1.29, 1.82) is 0 Å². The Morgan fingerprint density at radius 1 is 0.431 bits per heavy atom. The zero-order valence-electron chi connectivity index (χ0n) is 32.5. The van der Waals surface area contributed by atoms with Crippen LogP contribution in [0.4, 0.5) is 0 Å².